The third kappa shape index (κ3) is 5.36. The Balaban J connectivity index is 1.62. The highest BCUT2D eigenvalue weighted by Gasteiger charge is 2.14. The van der Waals surface area contributed by atoms with Gasteiger partial charge >= 0.3 is 0 Å². The van der Waals surface area contributed by atoms with Gasteiger partial charge < -0.3 is 20.1 Å². The highest BCUT2D eigenvalue weighted by Crippen LogP contribution is 2.25. The Morgan fingerprint density at radius 1 is 1.00 bits per heavy atom. The van der Waals surface area contributed by atoms with Crippen LogP contribution >= 0.6 is 11.3 Å². The van der Waals surface area contributed by atoms with Gasteiger partial charge in [0.1, 0.15) is 11.5 Å². The molecule has 2 N–H and O–H groups in total. The van der Waals surface area contributed by atoms with Crippen molar-refractivity contribution in [3.63, 3.8) is 0 Å². The Morgan fingerprint density at radius 2 is 1.83 bits per heavy atom. The molecule has 1 aromatic heterocycles. The fraction of sp³-hybridized carbons (Fsp3) is 0.182. The average molecular weight is 410 g/mol. The van der Waals surface area contributed by atoms with E-state index in [0.717, 1.165) is 16.1 Å². The molecule has 6 nitrogen and oxygen atoms in total. The molecule has 0 aliphatic heterocycles. The SMILES string of the molecule is COc1cc(NC(=O)COc2ccc(C)c(C)c2)ccc1C(=O)Nc1cccs1. The average Bonchev–Trinajstić information content (AvgIpc) is 3.21. The molecule has 0 atom stereocenters. The van der Waals surface area contributed by atoms with Crippen LogP contribution in [0, 0.1) is 13.8 Å². The van der Waals surface area contributed by atoms with Crippen LogP contribution in [-0.2, 0) is 4.79 Å². The number of hydrogen-bond donors (Lipinski definition) is 2. The van der Waals surface area contributed by atoms with Crippen LogP contribution < -0.4 is 20.1 Å². The maximum absolute atomic E-state index is 12.4. The van der Waals surface area contributed by atoms with Crippen LogP contribution in [0.15, 0.2) is 53.9 Å². The molecule has 1 heterocycles. The molecule has 3 aromatic rings. The number of hydrogen-bond acceptors (Lipinski definition) is 5. The lowest BCUT2D eigenvalue weighted by Crippen LogP contribution is -2.20. The predicted octanol–water partition coefficient (Wildman–Crippen LogP) is 4.64. The monoisotopic (exact) mass is 410 g/mol. The number of carbonyl (C=O) groups is 2. The van der Waals surface area contributed by atoms with Crippen molar-refractivity contribution >= 4 is 33.8 Å². The molecular weight excluding hydrogens is 388 g/mol. The van der Waals surface area contributed by atoms with E-state index in [1.807, 2.05) is 49.6 Å². The van der Waals surface area contributed by atoms with Gasteiger partial charge in [0.2, 0.25) is 0 Å². The molecule has 0 saturated carbocycles. The summed E-state index contributed by atoms with van der Waals surface area (Å²) in [6.07, 6.45) is 0. The number of anilines is 2. The lowest BCUT2D eigenvalue weighted by atomic mass is 10.1. The summed E-state index contributed by atoms with van der Waals surface area (Å²) in [4.78, 5) is 24.7. The molecule has 2 amide bonds. The Hall–Kier alpha value is -3.32. The van der Waals surface area contributed by atoms with Crippen LogP contribution in [0.1, 0.15) is 21.5 Å². The Kier molecular flexibility index (Phi) is 6.51. The van der Waals surface area contributed by atoms with E-state index in [0.29, 0.717) is 22.7 Å². The predicted molar refractivity (Wildman–Crippen MR) is 115 cm³/mol. The molecule has 2 aromatic carbocycles. The molecule has 7 heteroatoms. The number of nitrogens with one attached hydrogen (secondary N) is 2. The standard InChI is InChI=1S/C22H22N2O4S/c1-14-6-8-17(11-15(14)2)28-13-20(25)23-16-7-9-18(19(12-16)27-3)22(26)24-21-5-4-10-29-21/h4-12H,13H2,1-3H3,(H,23,25)(H,24,26). The third-order valence-corrected chi connectivity index (χ3v) is 5.12. The normalized spacial score (nSPS) is 10.3. The number of benzene rings is 2. The number of amides is 2. The van der Waals surface area contributed by atoms with Crippen molar-refractivity contribution in [2.24, 2.45) is 0 Å². The van der Waals surface area contributed by atoms with Crippen LogP contribution in [0.5, 0.6) is 11.5 Å². The highest BCUT2D eigenvalue weighted by atomic mass is 32.1. The van der Waals surface area contributed by atoms with E-state index in [2.05, 4.69) is 10.6 Å². The van der Waals surface area contributed by atoms with E-state index >= 15 is 0 Å². The summed E-state index contributed by atoms with van der Waals surface area (Å²) in [6, 6.07) is 14.2. The maximum atomic E-state index is 12.4. The van der Waals surface area contributed by atoms with Crippen LogP contribution in [-0.4, -0.2) is 25.5 Å². The van der Waals surface area contributed by atoms with Gasteiger partial charge in [-0.25, -0.2) is 0 Å². The van der Waals surface area contributed by atoms with E-state index in [1.54, 1.807) is 18.2 Å². The molecule has 0 bridgehead atoms. The van der Waals surface area contributed by atoms with Gasteiger partial charge in [-0.1, -0.05) is 6.07 Å². The minimum atomic E-state index is -0.305. The Labute approximate surface area is 173 Å². The van der Waals surface area contributed by atoms with Crippen molar-refractivity contribution in [1.82, 2.24) is 0 Å². The first-order chi connectivity index (χ1) is 14.0. The second kappa shape index (κ2) is 9.25. The summed E-state index contributed by atoms with van der Waals surface area (Å²) in [7, 11) is 1.48. The minimum Gasteiger partial charge on any atom is -0.496 e. The molecule has 0 aliphatic carbocycles. The Morgan fingerprint density at radius 3 is 2.52 bits per heavy atom. The van der Waals surface area contributed by atoms with Gasteiger partial charge in [0, 0.05) is 11.8 Å². The quantitative estimate of drug-likeness (QED) is 0.595. The number of methoxy groups -OCH3 is 1. The summed E-state index contributed by atoms with van der Waals surface area (Å²) in [5.41, 5.74) is 3.16. The van der Waals surface area contributed by atoms with E-state index in [4.69, 9.17) is 9.47 Å². The van der Waals surface area contributed by atoms with Crippen molar-refractivity contribution in [3.8, 4) is 11.5 Å². The number of carbonyl (C=O) groups excluding carboxylic acids is 2. The molecule has 29 heavy (non-hydrogen) atoms. The van der Waals surface area contributed by atoms with Crippen LogP contribution in [0.25, 0.3) is 0 Å². The second-order valence-corrected chi connectivity index (χ2v) is 7.38. The highest BCUT2D eigenvalue weighted by molar-refractivity contribution is 7.14. The molecule has 0 unspecified atom stereocenters. The number of rotatable bonds is 7. The summed E-state index contributed by atoms with van der Waals surface area (Å²) in [6.45, 7) is 3.89. The zero-order valence-electron chi connectivity index (χ0n) is 16.4. The van der Waals surface area contributed by atoms with Crippen LogP contribution in [0.4, 0.5) is 10.7 Å². The van der Waals surface area contributed by atoms with Crippen molar-refractivity contribution in [1.29, 1.82) is 0 Å². The third-order valence-electron chi connectivity index (χ3n) is 4.34. The number of aryl methyl sites for hydroxylation is 2. The van der Waals surface area contributed by atoms with Gasteiger partial charge in [0.05, 0.1) is 17.7 Å². The molecular formula is C22H22N2O4S. The summed E-state index contributed by atoms with van der Waals surface area (Å²) in [5.74, 6) is 0.426. The van der Waals surface area contributed by atoms with Gasteiger partial charge in [0.25, 0.3) is 11.8 Å². The second-order valence-electron chi connectivity index (χ2n) is 6.43. The number of ether oxygens (including phenoxy) is 2. The zero-order chi connectivity index (χ0) is 20.8. The molecule has 0 saturated heterocycles. The summed E-state index contributed by atoms with van der Waals surface area (Å²) < 4.78 is 10.9. The van der Waals surface area contributed by atoms with Crippen LogP contribution in [0.3, 0.4) is 0 Å². The zero-order valence-corrected chi connectivity index (χ0v) is 17.3. The molecule has 0 spiro atoms. The van der Waals surface area contributed by atoms with Gasteiger partial charge in [-0.05, 0) is 66.8 Å². The number of thiophene rings is 1. The topological polar surface area (TPSA) is 76.7 Å². The van der Waals surface area contributed by atoms with Crippen molar-refractivity contribution < 1.29 is 19.1 Å². The van der Waals surface area contributed by atoms with Crippen LogP contribution in [0.2, 0.25) is 0 Å². The minimum absolute atomic E-state index is 0.120. The Bertz CT molecular complexity index is 1020. The first-order valence-electron chi connectivity index (χ1n) is 8.99. The van der Waals surface area contributed by atoms with E-state index in [9.17, 15) is 9.59 Å². The van der Waals surface area contributed by atoms with Gasteiger partial charge in [-0.2, -0.15) is 0 Å². The van der Waals surface area contributed by atoms with E-state index in [-0.39, 0.29) is 18.4 Å². The fourth-order valence-electron chi connectivity index (χ4n) is 2.64. The molecule has 0 fully saturated rings. The summed E-state index contributed by atoms with van der Waals surface area (Å²) >= 11 is 1.43. The van der Waals surface area contributed by atoms with E-state index in [1.165, 1.54) is 18.4 Å². The van der Waals surface area contributed by atoms with Crippen molar-refractivity contribution in [2.45, 2.75) is 13.8 Å². The molecule has 150 valence electrons. The lowest BCUT2D eigenvalue weighted by Gasteiger charge is -2.12. The molecule has 0 aliphatic rings. The fourth-order valence-corrected chi connectivity index (χ4v) is 3.25. The first kappa shape index (κ1) is 20.4. The van der Waals surface area contributed by atoms with Gasteiger partial charge in [-0.15, -0.1) is 11.3 Å². The first-order valence-corrected chi connectivity index (χ1v) is 9.87. The van der Waals surface area contributed by atoms with E-state index < -0.39 is 0 Å². The summed E-state index contributed by atoms with van der Waals surface area (Å²) in [5, 5.41) is 8.19. The largest absolute Gasteiger partial charge is 0.496 e. The van der Waals surface area contributed by atoms with Crippen molar-refractivity contribution in [2.75, 3.05) is 24.4 Å². The molecule has 0 radical (unpaired) electrons. The maximum Gasteiger partial charge on any atom is 0.262 e. The van der Waals surface area contributed by atoms with Gasteiger partial charge in [-0.3, -0.25) is 9.59 Å². The van der Waals surface area contributed by atoms with Crippen molar-refractivity contribution in [3.05, 3.63) is 70.6 Å². The lowest BCUT2D eigenvalue weighted by molar-refractivity contribution is -0.118. The molecule has 3 rings (SSSR count). The van der Waals surface area contributed by atoms with Gasteiger partial charge in [0.15, 0.2) is 6.61 Å². The smallest absolute Gasteiger partial charge is 0.262 e.